The van der Waals surface area contributed by atoms with Crippen molar-refractivity contribution in [3.63, 3.8) is 0 Å². The van der Waals surface area contributed by atoms with Gasteiger partial charge in [-0.2, -0.15) is 0 Å². The Balaban J connectivity index is 2.36. The lowest BCUT2D eigenvalue weighted by Crippen LogP contribution is -2.35. The number of likely N-dealkylation sites (N-methyl/N-ethyl adjacent to an activating group) is 1. The Kier molecular flexibility index (Phi) is 4.05. The molecule has 0 amide bonds. The Labute approximate surface area is 117 Å². The first-order valence-corrected chi connectivity index (χ1v) is 6.13. The molecule has 0 saturated heterocycles. The average molecular weight is 275 g/mol. The summed E-state index contributed by atoms with van der Waals surface area (Å²) in [5, 5.41) is 9.20. The fraction of sp³-hybridized carbons (Fsp3) is 0.286. The van der Waals surface area contributed by atoms with Gasteiger partial charge in [0.2, 0.25) is 0 Å². The van der Waals surface area contributed by atoms with Crippen molar-refractivity contribution in [3.8, 4) is 0 Å². The van der Waals surface area contributed by atoms with Crippen LogP contribution in [0.25, 0.3) is 0 Å². The number of methoxy groups -OCH3 is 1. The minimum absolute atomic E-state index is 0.0384. The SMILES string of the molecule is COC(=O)C1=C(N)N=CC(c2cccc(CO)c2)N1C. The number of aliphatic hydroxyl groups is 1. The highest BCUT2D eigenvalue weighted by Gasteiger charge is 2.28. The first kappa shape index (κ1) is 14.1. The van der Waals surface area contributed by atoms with Gasteiger partial charge in [0.1, 0.15) is 0 Å². The molecule has 1 aliphatic heterocycles. The number of esters is 1. The fourth-order valence-electron chi connectivity index (χ4n) is 2.16. The average Bonchev–Trinajstić information content (AvgIpc) is 2.47. The summed E-state index contributed by atoms with van der Waals surface area (Å²) in [7, 11) is 3.05. The number of benzene rings is 1. The number of aliphatic hydroxyl groups excluding tert-OH is 1. The van der Waals surface area contributed by atoms with Crippen LogP contribution in [0.4, 0.5) is 0 Å². The molecule has 1 aromatic rings. The van der Waals surface area contributed by atoms with Gasteiger partial charge in [0.25, 0.3) is 0 Å². The molecule has 6 heteroatoms. The highest BCUT2D eigenvalue weighted by molar-refractivity contribution is 5.90. The molecule has 1 aliphatic rings. The van der Waals surface area contributed by atoms with Gasteiger partial charge in [-0.05, 0) is 11.1 Å². The van der Waals surface area contributed by atoms with Crippen molar-refractivity contribution in [2.24, 2.45) is 10.7 Å². The number of hydrogen-bond acceptors (Lipinski definition) is 6. The molecular formula is C14H17N3O3. The van der Waals surface area contributed by atoms with Gasteiger partial charge in [0, 0.05) is 13.3 Å². The largest absolute Gasteiger partial charge is 0.464 e. The van der Waals surface area contributed by atoms with Gasteiger partial charge >= 0.3 is 5.97 Å². The van der Waals surface area contributed by atoms with Crippen molar-refractivity contribution in [3.05, 3.63) is 46.9 Å². The molecule has 0 bridgehead atoms. The second-order valence-corrected chi connectivity index (χ2v) is 4.46. The van der Waals surface area contributed by atoms with Crippen LogP contribution < -0.4 is 5.73 Å². The van der Waals surface area contributed by atoms with Crippen molar-refractivity contribution >= 4 is 12.2 Å². The molecule has 1 aromatic carbocycles. The van der Waals surface area contributed by atoms with Crippen LogP contribution in [-0.4, -0.2) is 36.3 Å². The molecular weight excluding hydrogens is 258 g/mol. The lowest BCUT2D eigenvalue weighted by Gasteiger charge is -2.31. The predicted octanol–water partition coefficient (Wildman–Crippen LogP) is 0.537. The van der Waals surface area contributed by atoms with Crippen LogP contribution >= 0.6 is 0 Å². The smallest absolute Gasteiger partial charge is 0.358 e. The van der Waals surface area contributed by atoms with Crippen molar-refractivity contribution in [1.82, 2.24) is 4.90 Å². The molecule has 106 valence electrons. The topological polar surface area (TPSA) is 88.2 Å². The Bertz CT molecular complexity index is 581. The van der Waals surface area contributed by atoms with Crippen molar-refractivity contribution in [1.29, 1.82) is 0 Å². The van der Waals surface area contributed by atoms with E-state index in [9.17, 15) is 9.90 Å². The minimum atomic E-state index is -0.523. The molecule has 20 heavy (non-hydrogen) atoms. The Hall–Kier alpha value is -2.34. The number of carbonyl (C=O) groups excluding carboxylic acids is 1. The third-order valence-electron chi connectivity index (χ3n) is 3.22. The number of aliphatic imine (C=N–C) groups is 1. The maximum Gasteiger partial charge on any atom is 0.358 e. The zero-order chi connectivity index (χ0) is 14.7. The third kappa shape index (κ3) is 2.50. The van der Waals surface area contributed by atoms with E-state index in [-0.39, 0.29) is 24.2 Å². The van der Waals surface area contributed by atoms with Gasteiger partial charge in [-0.25, -0.2) is 9.79 Å². The molecule has 2 rings (SSSR count). The van der Waals surface area contributed by atoms with Crippen molar-refractivity contribution in [2.75, 3.05) is 14.2 Å². The predicted molar refractivity (Wildman–Crippen MR) is 74.6 cm³/mol. The molecule has 6 nitrogen and oxygen atoms in total. The van der Waals surface area contributed by atoms with Crippen molar-refractivity contribution < 1.29 is 14.6 Å². The summed E-state index contributed by atoms with van der Waals surface area (Å²) in [5.74, 6) is -0.390. The van der Waals surface area contributed by atoms with E-state index >= 15 is 0 Å². The maximum atomic E-state index is 11.8. The number of nitrogens with zero attached hydrogens (tertiary/aromatic N) is 2. The molecule has 3 N–H and O–H groups in total. The highest BCUT2D eigenvalue weighted by atomic mass is 16.5. The molecule has 0 radical (unpaired) electrons. The number of ether oxygens (including phenoxy) is 1. The number of carbonyl (C=O) groups is 1. The summed E-state index contributed by atoms with van der Waals surface area (Å²) >= 11 is 0. The van der Waals surface area contributed by atoms with E-state index in [1.807, 2.05) is 24.3 Å². The minimum Gasteiger partial charge on any atom is -0.464 e. The van der Waals surface area contributed by atoms with Crippen LogP contribution in [0.3, 0.4) is 0 Å². The first-order chi connectivity index (χ1) is 9.58. The fourth-order valence-corrected chi connectivity index (χ4v) is 2.16. The molecule has 0 spiro atoms. The summed E-state index contributed by atoms with van der Waals surface area (Å²) in [6.07, 6.45) is 1.66. The summed E-state index contributed by atoms with van der Waals surface area (Å²) in [6, 6.07) is 7.21. The van der Waals surface area contributed by atoms with Crippen LogP contribution in [0, 0.1) is 0 Å². The lowest BCUT2D eigenvalue weighted by atomic mass is 10.0. The highest BCUT2D eigenvalue weighted by Crippen LogP contribution is 2.27. The van der Waals surface area contributed by atoms with Crippen LogP contribution in [0.5, 0.6) is 0 Å². The van der Waals surface area contributed by atoms with E-state index in [2.05, 4.69) is 4.99 Å². The summed E-state index contributed by atoms with van der Waals surface area (Å²) in [6.45, 7) is -0.0384. The molecule has 0 aromatic heterocycles. The van der Waals surface area contributed by atoms with E-state index in [4.69, 9.17) is 10.5 Å². The molecule has 0 fully saturated rings. The molecule has 0 saturated carbocycles. The quantitative estimate of drug-likeness (QED) is 0.786. The number of hydrogen-bond donors (Lipinski definition) is 2. The molecule has 1 unspecified atom stereocenters. The van der Waals surface area contributed by atoms with Crippen LogP contribution in [-0.2, 0) is 16.1 Å². The van der Waals surface area contributed by atoms with Crippen LogP contribution in [0.15, 0.2) is 40.8 Å². The van der Waals surface area contributed by atoms with Gasteiger partial charge in [-0.3, -0.25) is 0 Å². The Morgan fingerprint density at radius 2 is 2.30 bits per heavy atom. The number of rotatable bonds is 3. The van der Waals surface area contributed by atoms with Crippen molar-refractivity contribution in [2.45, 2.75) is 12.6 Å². The van der Waals surface area contributed by atoms with E-state index < -0.39 is 5.97 Å². The number of nitrogens with two attached hydrogens (primary N) is 1. The lowest BCUT2D eigenvalue weighted by molar-refractivity contribution is -0.138. The zero-order valence-electron chi connectivity index (χ0n) is 11.4. The van der Waals surface area contributed by atoms with E-state index in [1.54, 1.807) is 18.2 Å². The van der Waals surface area contributed by atoms with E-state index in [1.165, 1.54) is 7.11 Å². The normalized spacial score (nSPS) is 18.4. The summed E-state index contributed by atoms with van der Waals surface area (Å²) in [5.41, 5.74) is 7.68. The van der Waals surface area contributed by atoms with Gasteiger partial charge in [-0.15, -0.1) is 0 Å². The van der Waals surface area contributed by atoms with Crippen LogP contribution in [0.2, 0.25) is 0 Å². The van der Waals surface area contributed by atoms with Gasteiger partial charge in [-0.1, -0.05) is 24.3 Å². The summed E-state index contributed by atoms with van der Waals surface area (Å²) < 4.78 is 4.73. The van der Waals surface area contributed by atoms with Gasteiger partial charge in [0.05, 0.1) is 19.8 Å². The third-order valence-corrected chi connectivity index (χ3v) is 3.22. The zero-order valence-corrected chi connectivity index (χ0v) is 11.4. The maximum absolute atomic E-state index is 11.8. The van der Waals surface area contributed by atoms with Gasteiger partial charge < -0.3 is 20.5 Å². The molecule has 1 atom stereocenters. The first-order valence-electron chi connectivity index (χ1n) is 6.13. The second kappa shape index (κ2) is 5.75. The molecule has 1 heterocycles. The Morgan fingerprint density at radius 3 is 2.95 bits per heavy atom. The standard InChI is InChI=1S/C14H17N3O3/c1-17-11(10-5-3-4-9(6-10)8-18)7-16-13(15)12(17)14(19)20-2/h3-7,11,18H,8,15H2,1-2H3. The monoisotopic (exact) mass is 275 g/mol. The Morgan fingerprint density at radius 1 is 1.55 bits per heavy atom. The van der Waals surface area contributed by atoms with E-state index in [0.717, 1.165) is 11.1 Å². The van der Waals surface area contributed by atoms with Gasteiger partial charge in [0.15, 0.2) is 11.5 Å². The second-order valence-electron chi connectivity index (χ2n) is 4.46. The van der Waals surface area contributed by atoms with E-state index in [0.29, 0.717) is 0 Å². The summed E-state index contributed by atoms with van der Waals surface area (Å²) in [4.78, 5) is 17.6. The van der Waals surface area contributed by atoms with Crippen LogP contribution in [0.1, 0.15) is 17.2 Å². The molecule has 0 aliphatic carbocycles.